The van der Waals surface area contributed by atoms with Crippen molar-refractivity contribution >= 4 is 11.9 Å². The Morgan fingerprint density at radius 2 is 1.80 bits per heavy atom. The van der Waals surface area contributed by atoms with Crippen molar-refractivity contribution in [2.75, 3.05) is 13.7 Å². The number of amides is 1. The first-order chi connectivity index (χ1) is 9.26. The fourth-order valence-electron chi connectivity index (χ4n) is 1.63. The van der Waals surface area contributed by atoms with Crippen LogP contribution in [0.5, 0.6) is 0 Å². The first-order valence-electron chi connectivity index (χ1n) is 6.63. The molecule has 116 valence electrons. The summed E-state index contributed by atoms with van der Waals surface area (Å²) < 4.78 is 18.7. The number of carbonyl (C=O) groups is 2. The van der Waals surface area contributed by atoms with Crippen molar-refractivity contribution in [2.45, 2.75) is 47.1 Å². The number of nitrogens with zero attached hydrogens (tertiary/aromatic N) is 1. The van der Waals surface area contributed by atoms with Gasteiger partial charge < -0.3 is 4.74 Å². The number of carbonyl (C=O) groups excluding carboxylic acids is 2. The lowest BCUT2D eigenvalue weighted by atomic mass is 10.0. The lowest BCUT2D eigenvalue weighted by Gasteiger charge is -2.28. The minimum Gasteiger partial charge on any atom is -0.464 e. The van der Waals surface area contributed by atoms with E-state index in [9.17, 15) is 14.0 Å². The van der Waals surface area contributed by atoms with Crippen LogP contribution >= 0.6 is 0 Å². The summed E-state index contributed by atoms with van der Waals surface area (Å²) in [5.41, 5.74) is 0.226. The molecule has 0 aromatic rings. The monoisotopic (exact) mass is 289 g/mol. The Bertz CT molecular complexity index is 375. The molecule has 0 aliphatic heterocycles. The maximum Gasteiger partial charge on any atom is 0.331 e. The molecular weight excluding hydrogens is 265 g/mol. The van der Waals surface area contributed by atoms with E-state index in [4.69, 9.17) is 9.57 Å². The molecule has 0 heterocycles. The SMILES string of the molecule is CCOC(=O)C(CC(C)C)N(OC)C(=O)C(F)=C(C)C. The fraction of sp³-hybridized carbons (Fsp3) is 0.714. The summed E-state index contributed by atoms with van der Waals surface area (Å²) in [6, 6.07) is -0.961. The Morgan fingerprint density at radius 3 is 2.15 bits per heavy atom. The number of hydrogen-bond acceptors (Lipinski definition) is 4. The number of halogens is 1. The molecule has 0 aromatic carbocycles. The van der Waals surface area contributed by atoms with E-state index in [1.807, 2.05) is 13.8 Å². The molecule has 1 atom stereocenters. The zero-order chi connectivity index (χ0) is 15.9. The van der Waals surface area contributed by atoms with Crippen LogP contribution < -0.4 is 0 Å². The van der Waals surface area contributed by atoms with Gasteiger partial charge in [-0.25, -0.2) is 14.2 Å². The van der Waals surface area contributed by atoms with Crippen LogP contribution in [0.3, 0.4) is 0 Å². The second-order valence-corrected chi connectivity index (χ2v) is 5.02. The van der Waals surface area contributed by atoms with Crippen LogP contribution in [-0.4, -0.2) is 36.7 Å². The zero-order valence-electron chi connectivity index (χ0n) is 13.0. The van der Waals surface area contributed by atoms with Gasteiger partial charge in [0.15, 0.2) is 11.9 Å². The number of ether oxygens (including phenoxy) is 1. The van der Waals surface area contributed by atoms with E-state index in [0.29, 0.717) is 6.42 Å². The van der Waals surface area contributed by atoms with Gasteiger partial charge >= 0.3 is 11.9 Å². The van der Waals surface area contributed by atoms with Crippen LogP contribution in [0.2, 0.25) is 0 Å². The quantitative estimate of drug-likeness (QED) is 0.411. The Labute approximate surface area is 119 Å². The molecule has 20 heavy (non-hydrogen) atoms. The summed E-state index contributed by atoms with van der Waals surface area (Å²) in [5.74, 6) is -2.38. The zero-order valence-corrected chi connectivity index (χ0v) is 13.0. The number of hydrogen-bond donors (Lipinski definition) is 0. The van der Waals surface area contributed by atoms with E-state index in [1.165, 1.54) is 21.0 Å². The summed E-state index contributed by atoms with van der Waals surface area (Å²) in [7, 11) is 1.22. The fourth-order valence-corrected chi connectivity index (χ4v) is 1.63. The van der Waals surface area contributed by atoms with Crippen LogP contribution in [0, 0.1) is 5.92 Å². The van der Waals surface area contributed by atoms with Crippen LogP contribution in [0.4, 0.5) is 4.39 Å². The molecule has 0 bridgehead atoms. The maximum atomic E-state index is 13.8. The molecule has 0 fully saturated rings. The van der Waals surface area contributed by atoms with E-state index >= 15 is 0 Å². The van der Waals surface area contributed by atoms with E-state index in [-0.39, 0.29) is 18.1 Å². The largest absolute Gasteiger partial charge is 0.464 e. The standard InChI is InChI=1S/C14H24FNO4/c1-7-20-14(18)11(8-9(2)3)16(19-6)13(17)12(15)10(4)5/h9,11H,7-8H2,1-6H3. The first-order valence-corrected chi connectivity index (χ1v) is 6.63. The minimum absolute atomic E-state index is 0.115. The van der Waals surface area contributed by atoms with Crippen molar-refractivity contribution in [3.63, 3.8) is 0 Å². The van der Waals surface area contributed by atoms with Crippen LogP contribution in [-0.2, 0) is 19.2 Å². The number of esters is 1. The summed E-state index contributed by atoms with van der Waals surface area (Å²) in [4.78, 5) is 28.9. The van der Waals surface area contributed by atoms with Gasteiger partial charge in [0.1, 0.15) is 0 Å². The van der Waals surface area contributed by atoms with Crippen molar-refractivity contribution in [3.8, 4) is 0 Å². The first kappa shape index (κ1) is 18.6. The predicted octanol–water partition coefficient (Wildman–Crippen LogP) is 2.62. The van der Waals surface area contributed by atoms with Gasteiger partial charge in [0, 0.05) is 0 Å². The van der Waals surface area contributed by atoms with Crippen LogP contribution in [0.15, 0.2) is 11.4 Å². The van der Waals surface area contributed by atoms with Crippen molar-refractivity contribution in [1.82, 2.24) is 5.06 Å². The average Bonchev–Trinajstić information content (AvgIpc) is 2.36. The van der Waals surface area contributed by atoms with Crippen molar-refractivity contribution < 1.29 is 23.6 Å². The third-order valence-electron chi connectivity index (χ3n) is 2.56. The van der Waals surface area contributed by atoms with Gasteiger partial charge in [-0.15, -0.1) is 0 Å². The normalized spacial score (nSPS) is 12.0. The molecule has 0 saturated carbocycles. The predicted molar refractivity (Wildman–Crippen MR) is 73.2 cm³/mol. The van der Waals surface area contributed by atoms with Gasteiger partial charge in [-0.1, -0.05) is 13.8 Å². The maximum absolute atomic E-state index is 13.8. The summed E-state index contributed by atoms with van der Waals surface area (Å²) in [6.07, 6.45) is 0.328. The third kappa shape index (κ3) is 5.28. The third-order valence-corrected chi connectivity index (χ3v) is 2.56. The topological polar surface area (TPSA) is 55.8 Å². The van der Waals surface area contributed by atoms with Crippen molar-refractivity contribution in [2.24, 2.45) is 5.92 Å². The summed E-state index contributed by atoms with van der Waals surface area (Å²) in [5, 5.41) is 0.750. The smallest absolute Gasteiger partial charge is 0.331 e. The number of allylic oxidation sites excluding steroid dienone is 1. The number of hydroxylamine groups is 2. The second kappa shape index (κ2) is 8.68. The van der Waals surface area contributed by atoms with Gasteiger partial charge in [0.25, 0.3) is 0 Å². The molecule has 0 N–H and O–H groups in total. The molecule has 5 nitrogen and oxygen atoms in total. The molecule has 1 unspecified atom stereocenters. The van der Waals surface area contributed by atoms with Gasteiger partial charge in [0.2, 0.25) is 0 Å². The van der Waals surface area contributed by atoms with Crippen LogP contribution in [0.25, 0.3) is 0 Å². The highest BCUT2D eigenvalue weighted by Crippen LogP contribution is 2.18. The highest BCUT2D eigenvalue weighted by atomic mass is 19.1. The molecular formula is C14H24FNO4. The van der Waals surface area contributed by atoms with E-state index in [2.05, 4.69) is 0 Å². The highest BCUT2D eigenvalue weighted by molar-refractivity contribution is 5.94. The van der Waals surface area contributed by atoms with Crippen LogP contribution in [0.1, 0.15) is 41.0 Å². The van der Waals surface area contributed by atoms with Gasteiger partial charge in [-0.2, -0.15) is 0 Å². The van der Waals surface area contributed by atoms with Gasteiger partial charge in [-0.3, -0.25) is 9.63 Å². The van der Waals surface area contributed by atoms with E-state index in [1.54, 1.807) is 6.92 Å². The lowest BCUT2D eigenvalue weighted by molar-refractivity contribution is -0.198. The molecule has 0 aliphatic rings. The second-order valence-electron chi connectivity index (χ2n) is 5.02. The molecule has 6 heteroatoms. The molecule has 0 saturated heterocycles. The highest BCUT2D eigenvalue weighted by Gasteiger charge is 2.34. The summed E-state index contributed by atoms with van der Waals surface area (Å²) in [6.45, 7) is 8.58. The Balaban J connectivity index is 5.33. The average molecular weight is 289 g/mol. The van der Waals surface area contributed by atoms with Gasteiger partial charge in [0.05, 0.1) is 13.7 Å². The van der Waals surface area contributed by atoms with E-state index < -0.39 is 23.7 Å². The van der Waals surface area contributed by atoms with Crippen molar-refractivity contribution in [1.29, 1.82) is 0 Å². The molecule has 0 spiro atoms. The molecule has 0 rings (SSSR count). The van der Waals surface area contributed by atoms with Crippen molar-refractivity contribution in [3.05, 3.63) is 11.4 Å². The lowest BCUT2D eigenvalue weighted by Crippen LogP contribution is -2.46. The Morgan fingerprint density at radius 1 is 1.25 bits per heavy atom. The number of rotatable bonds is 7. The molecule has 0 radical (unpaired) electrons. The minimum atomic E-state index is -0.966. The Kier molecular flexibility index (Phi) is 8.06. The molecule has 1 amide bonds. The molecule has 0 aliphatic carbocycles. The molecule has 0 aromatic heterocycles. The Hall–Kier alpha value is -1.43. The summed E-state index contributed by atoms with van der Waals surface area (Å²) >= 11 is 0. The van der Waals surface area contributed by atoms with E-state index in [0.717, 1.165) is 5.06 Å². The van der Waals surface area contributed by atoms with Gasteiger partial charge in [-0.05, 0) is 38.7 Å².